The minimum atomic E-state index is -0.595. The van der Waals surface area contributed by atoms with Gasteiger partial charge < -0.3 is 25.0 Å². The lowest BCUT2D eigenvalue weighted by molar-refractivity contribution is -0.187. The maximum atomic E-state index is 12.9. The largest absolute Gasteiger partial charge is 0.376 e. The molecule has 3 fully saturated rings. The summed E-state index contributed by atoms with van der Waals surface area (Å²) in [7, 11) is 0. The van der Waals surface area contributed by atoms with E-state index >= 15 is 0 Å². The van der Waals surface area contributed by atoms with Crippen LogP contribution in [-0.2, 0) is 32.2 Å². The van der Waals surface area contributed by atoms with E-state index in [0.29, 0.717) is 44.8 Å². The summed E-state index contributed by atoms with van der Waals surface area (Å²) >= 11 is 0. The Morgan fingerprint density at radius 2 is 2.16 bits per heavy atom. The van der Waals surface area contributed by atoms with E-state index < -0.39 is 6.04 Å². The van der Waals surface area contributed by atoms with Gasteiger partial charge in [-0.15, -0.1) is 0 Å². The van der Waals surface area contributed by atoms with E-state index in [9.17, 15) is 14.4 Å². The fourth-order valence-corrected chi connectivity index (χ4v) is 5.03. The first kappa shape index (κ1) is 20.6. The van der Waals surface area contributed by atoms with Gasteiger partial charge in [0.15, 0.2) is 0 Å². The third-order valence-electron chi connectivity index (χ3n) is 6.66. The van der Waals surface area contributed by atoms with Crippen LogP contribution < -0.4 is 16.0 Å². The zero-order chi connectivity index (χ0) is 21.4. The van der Waals surface area contributed by atoms with Gasteiger partial charge in [-0.05, 0) is 36.6 Å². The predicted molar refractivity (Wildman–Crippen MR) is 110 cm³/mol. The first-order valence-electron chi connectivity index (χ1n) is 11.0. The molecule has 4 heterocycles. The van der Waals surface area contributed by atoms with Crippen LogP contribution in [0.25, 0.3) is 0 Å². The van der Waals surface area contributed by atoms with Gasteiger partial charge in [0.2, 0.25) is 11.8 Å². The molecule has 3 unspecified atom stereocenters. The van der Waals surface area contributed by atoms with E-state index in [-0.39, 0.29) is 35.8 Å². The number of nitrogens with one attached hydrogen (secondary N) is 3. The van der Waals surface area contributed by atoms with Crippen molar-refractivity contribution in [2.45, 2.75) is 50.1 Å². The molecule has 0 bridgehead atoms. The molecule has 0 aromatic heterocycles. The molecular weight excluding hydrogens is 400 g/mol. The van der Waals surface area contributed by atoms with E-state index in [2.05, 4.69) is 16.0 Å². The van der Waals surface area contributed by atoms with E-state index in [1.807, 2.05) is 18.2 Å². The second-order valence-electron chi connectivity index (χ2n) is 8.84. The monoisotopic (exact) mass is 428 g/mol. The van der Waals surface area contributed by atoms with E-state index in [4.69, 9.17) is 9.47 Å². The van der Waals surface area contributed by atoms with Gasteiger partial charge in [0.05, 0.1) is 19.3 Å². The Balaban J connectivity index is 1.21. The molecule has 0 radical (unpaired) electrons. The number of ether oxygens (including phenoxy) is 2. The number of imide groups is 1. The first-order valence-corrected chi connectivity index (χ1v) is 11.0. The van der Waals surface area contributed by atoms with Crippen molar-refractivity contribution >= 4 is 17.7 Å². The van der Waals surface area contributed by atoms with Crippen molar-refractivity contribution in [2.24, 2.45) is 0 Å². The summed E-state index contributed by atoms with van der Waals surface area (Å²) in [6.45, 7) is 4.65. The van der Waals surface area contributed by atoms with Crippen LogP contribution in [0.2, 0.25) is 0 Å². The second kappa shape index (κ2) is 8.31. The SMILES string of the molecule is O=C1CCC(N2Cc3c(CNCC4COCC5(CCNC5)O4)cccc3C2=O)C(=O)N1. The molecule has 9 heteroatoms. The molecule has 1 aromatic carbocycles. The fraction of sp³-hybridized carbons (Fsp3) is 0.591. The van der Waals surface area contributed by atoms with Crippen LogP contribution in [0.15, 0.2) is 18.2 Å². The van der Waals surface area contributed by atoms with E-state index in [0.717, 1.165) is 30.6 Å². The van der Waals surface area contributed by atoms with Crippen molar-refractivity contribution in [3.8, 4) is 0 Å². The van der Waals surface area contributed by atoms with Gasteiger partial charge in [-0.25, -0.2) is 0 Å². The number of carbonyl (C=O) groups excluding carboxylic acids is 3. The van der Waals surface area contributed by atoms with Crippen LogP contribution in [-0.4, -0.2) is 73.2 Å². The minimum Gasteiger partial charge on any atom is -0.376 e. The molecule has 3 amide bonds. The molecule has 31 heavy (non-hydrogen) atoms. The molecule has 3 saturated heterocycles. The molecule has 9 nitrogen and oxygen atoms in total. The van der Waals surface area contributed by atoms with Gasteiger partial charge in [-0.2, -0.15) is 0 Å². The zero-order valence-corrected chi connectivity index (χ0v) is 17.4. The Bertz CT molecular complexity index is 898. The number of carbonyl (C=O) groups is 3. The van der Waals surface area contributed by atoms with E-state index in [1.165, 1.54) is 0 Å². The molecule has 4 aliphatic rings. The van der Waals surface area contributed by atoms with Gasteiger partial charge in [-0.3, -0.25) is 19.7 Å². The average Bonchev–Trinajstić information content (AvgIpc) is 3.33. The number of amides is 3. The molecule has 1 aromatic rings. The van der Waals surface area contributed by atoms with Gasteiger partial charge in [-0.1, -0.05) is 12.1 Å². The van der Waals surface area contributed by atoms with Gasteiger partial charge >= 0.3 is 0 Å². The summed E-state index contributed by atoms with van der Waals surface area (Å²) in [5.41, 5.74) is 2.42. The first-order chi connectivity index (χ1) is 15.0. The summed E-state index contributed by atoms with van der Waals surface area (Å²) in [5.74, 6) is -0.813. The third kappa shape index (κ3) is 3.98. The molecule has 4 aliphatic heterocycles. The Morgan fingerprint density at radius 3 is 2.97 bits per heavy atom. The number of nitrogens with zero attached hydrogens (tertiary/aromatic N) is 1. The molecule has 0 aliphatic carbocycles. The number of benzene rings is 1. The number of hydrogen-bond donors (Lipinski definition) is 3. The Morgan fingerprint density at radius 1 is 1.26 bits per heavy atom. The van der Waals surface area contributed by atoms with Crippen molar-refractivity contribution in [1.29, 1.82) is 0 Å². The second-order valence-corrected chi connectivity index (χ2v) is 8.84. The summed E-state index contributed by atoms with van der Waals surface area (Å²) in [4.78, 5) is 38.2. The normalized spacial score (nSPS) is 30.7. The summed E-state index contributed by atoms with van der Waals surface area (Å²) < 4.78 is 12.1. The predicted octanol–water partition coefficient (Wildman–Crippen LogP) is -0.315. The zero-order valence-electron chi connectivity index (χ0n) is 17.4. The van der Waals surface area contributed by atoms with E-state index in [1.54, 1.807) is 4.90 Å². The highest BCUT2D eigenvalue weighted by Gasteiger charge is 2.41. The van der Waals surface area contributed by atoms with Crippen molar-refractivity contribution in [1.82, 2.24) is 20.9 Å². The highest BCUT2D eigenvalue weighted by Crippen LogP contribution is 2.30. The van der Waals surface area contributed by atoms with Crippen LogP contribution >= 0.6 is 0 Å². The minimum absolute atomic E-state index is 0.00740. The van der Waals surface area contributed by atoms with Crippen molar-refractivity contribution in [3.05, 3.63) is 34.9 Å². The lowest BCUT2D eigenvalue weighted by Gasteiger charge is -2.38. The molecule has 5 rings (SSSR count). The third-order valence-corrected chi connectivity index (χ3v) is 6.66. The maximum Gasteiger partial charge on any atom is 0.255 e. The van der Waals surface area contributed by atoms with Gasteiger partial charge in [0.25, 0.3) is 5.91 Å². The lowest BCUT2D eigenvalue weighted by atomic mass is 10.0. The summed E-state index contributed by atoms with van der Waals surface area (Å²) in [6.07, 6.45) is 1.58. The fourth-order valence-electron chi connectivity index (χ4n) is 5.03. The number of rotatable bonds is 5. The molecule has 1 spiro atoms. The Labute approximate surface area is 180 Å². The van der Waals surface area contributed by atoms with Crippen molar-refractivity contribution < 1.29 is 23.9 Å². The quantitative estimate of drug-likeness (QED) is 0.552. The lowest BCUT2D eigenvalue weighted by Crippen LogP contribution is -2.52. The van der Waals surface area contributed by atoms with Crippen molar-refractivity contribution in [2.75, 3.05) is 32.8 Å². The molecular formula is C22H28N4O5. The topological polar surface area (TPSA) is 109 Å². The molecule has 3 N–H and O–H groups in total. The number of fused-ring (bicyclic) bond motifs is 1. The van der Waals surface area contributed by atoms with Crippen LogP contribution in [0.1, 0.15) is 40.7 Å². The van der Waals surface area contributed by atoms with Gasteiger partial charge in [0, 0.05) is 38.2 Å². The number of piperidine rings is 1. The molecule has 166 valence electrons. The van der Waals surface area contributed by atoms with Crippen LogP contribution in [0, 0.1) is 0 Å². The highest BCUT2D eigenvalue weighted by molar-refractivity contribution is 6.05. The Hall–Kier alpha value is -2.33. The van der Waals surface area contributed by atoms with Crippen molar-refractivity contribution in [3.63, 3.8) is 0 Å². The number of hydrogen-bond acceptors (Lipinski definition) is 7. The van der Waals surface area contributed by atoms with Crippen LogP contribution in [0.4, 0.5) is 0 Å². The van der Waals surface area contributed by atoms with Crippen LogP contribution in [0.5, 0.6) is 0 Å². The average molecular weight is 428 g/mol. The van der Waals surface area contributed by atoms with Gasteiger partial charge in [0.1, 0.15) is 11.6 Å². The standard InChI is InChI=1S/C22H28N4O5/c27-19-5-4-18(20(28)25-19)26-10-17-14(2-1-3-16(17)21(26)29)8-24-9-15-11-30-13-22(31-15)6-7-23-12-22/h1-3,15,18,23-24H,4-13H2,(H,25,27,28). The summed E-state index contributed by atoms with van der Waals surface area (Å²) in [5, 5.41) is 9.14. The Kier molecular flexibility index (Phi) is 5.51. The smallest absolute Gasteiger partial charge is 0.255 e. The molecule has 0 saturated carbocycles. The molecule has 3 atom stereocenters. The maximum absolute atomic E-state index is 12.9. The summed E-state index contributed by atoms with van der Waals surface area (Å²) in [6, 6.07) is 5.10. The highest BCUT2D eigenvalue weighted by atomic mass is 16.6. The van der Waals surface area contributed by atoms with Crippen LogP contribution in [0.3, 0.4) is 0 Å².